The molecule has 3 aromatic rings. The molecule has 0 atom stereocenters. The summed E-state index contributed by atoms with van der Waals surface area (Å²) in [7, 11) is 0. The first-order valence-electron chi connectivity index (χ1n) is 7.31. The molecule has 0 N–H and O–H groups in total. The Morgan fingerprint density at radius 3 is 1.58 bits per heavy atom. The first-order chi connectivity index (χ1) is 12.4. The van der Waals surface area contributed by atoms with Crippen LogP contribution in [-0.2, 0) is 0 Å². The van der Waals surface area contributed by atoms with Crippen LogP contribution in [0.1, 0.15) is 5.56 Å². The summed E-state index contributed by atoms with van der Waals surface area (Å²) >= 11 is 0. The third kappa shape index (κ3) is 3.20. The van der Waals surface area contributed by atoms with E-state index in [9.17, 15) is 26.3 Å². The van der Waals surface area contributed by atoms with Crippen LogP contribution in [0.2, 0.25) is 0 Å². The molecule has 0 bridgehead atoms. The Labute approximate surface area is 144 Å². The maximum Gasteiger partial charge on any atom is 0.226 e. The van der Waals surface area contributed by atoms with Crippen LogP contribution >= 0.6 is 0 Å². The summed E-state index contributed by atoms with van der Waals surface area (Å²) < 4.78 is 80.6. The first kappa shape index (κ1) is 17.7. The van der Waals surface area contributed by atoms with Crippen LogP contribution in [0.15, 0.2) is 59.6 Å². The van der Waals surface area contributed by atoms with Crippen LogP contribution in [0.4, 0.5) is 32.0 Å². The second-order valence-corrected chi connectivity index (χ2v) is 5.26. The number of hydrogen-bond acceptors (Lipinski definition) is 1. The monoisotopic (exact) mass is 365 g/mol. The topological polar surface area (TPSA) is 12.4 Å². The Kier molecular flexibility index (Phi) is 4.79. The van der Waals surface area contributed by atoms with Crippen molar-refractivity contribution in [2.45, 2.75) is 0 Å². The highest BCUT2D eigenvalue weighted by molar-refractivity contribution is 5.95. The molecule has 26 heavy (non-hydrogen) atoms. The molecule has 0 fully saturated rings. The van der Waals surface area contributed by atoms with Crippen molar-refractivity contribution in [1.29, 1.82) is 0 Å². The van der Waals surface area contributed by atoms with Crippen molar-refractivity contribution in [3.63, 3.8) is 0 Å². The van der Waals surface area contributed by atoms with E-state index in [0.717, 1.165) is 11.1 Å². The van der Waals surface area contributed by atoms with Gasteiger partial charge in [0.05, 0.1) is 5.69 Å². The fourth-order valence-corrected chi connectivity index (χ4v) is 2.31. The largest absolute Gasteiger partial charge is 0.226 e. The van der Waals surface area contributed by atoms with Gasteiger partial charge in [0, 0.05) is 0 Å². The Morgan fingerprint density at radius 2 is 1.04 bits per heavy atom. The summed E-state index contributed by atoms with van der Waals surface area (Å²) in [5, 5.41) is 0. The van der Waals surface area contributed by atoms with E-state index in [2.05, 4.69) is 4.99 Å². The minimum absolute atomic E-state index is 0.0499. The average molecular weight is 365 g/mol. The maximum absolute atomic E-state index is 14.1. The van der Waals surface area contributed by atoms with Gasteiger partial charge in [0.15, 0.2) is 23.3 Å². The molecule has 0 aliphatic rings. The second kappa shape index (κ2) is 7.03. The fraction of sp³-hybridized carbons (Fsp3) is 0. The molecule has 0 aliphatic heterocycles. The molecule has 7 heteroatoms. The third-order valence-electron chi connectivity index (χ3n) is 3.62. The zero-order valence-corrected chi connectivity index (χ0v) is 12.9. The predicted molar refractivity (Wildman–Crippen MR) is 85.4 cm³/mol. The van der Waals surface area contributed by atoms with E-state index in [-0.39, 0.29) is 5.69 Å². The minimum Gasteiger partial charge on any atom is -0.220 e. The molecule has 0 saturated carbocycles. The molecule has 3 rings (SSSR count). The maximum atomic E-state index is 14.1. The Morgan fingerprint density at radius 1 is 0.577 bits per heavy atom. The number of hydrogen-bond donors (Lipinski definition) is 0. The van der Waals surface area contributed by atoms with E-state index >= 15 is 0 Å². The molecule has 0 spiro atoms. The van der Waals surface area contributed by atoms with E-state index in [1.807, 2.05) is 30.3 Å². The number of halogens is 6. The minimum atomic E-state index is -2.36. The van der Waals surface area contributed by atoms with Gasteiger partial charge in [-0.05, 0) is 23.3 Å². The zero-order chi connectivity index (χ0) is 18.8. The number of rotatable bonds is 3. The molecule has 132 valence electrons. The summed E-state index contributed by atoms with van der Waals surface area (Å²) in [6, 6.07) is 15.0. The van der Waals surface area contributed by atoms with Gasteiger partial charge in [0.2, 0.25) is 11.8 Å². The van der Waals surface area contributed by atoms with Crippen LogP contribution in [0.25, 0.3) is 11.1 Å². The summed E-state index contributed by atoms with van der Waals surface area (Å²) in [6.45, 7) is 0. The molecule has 0 aromatic heterocycles. The van der Waals surface area contributed by atoms with Gasteiger partial charge in [-0.25, -0.2) is 26.9 Å². The van der Waals surface area contributed by atoms with Crippen molar-refractivity contribution in [2.24, 2.45) is 4.99 Å². The standard InChI is InChI=1S/C19H9F6N/c20-14-13(15(21)17(23)18(24)16(14)22)19(25)26-12-8-6-11(7-9-12)10-4-2-1-3-5-10/h1-9H. The van der Waals surface area contributed by atoms with E-state index in [4.69, 9.17) is 0 Å². The van der Waals surface area contributed by atoms with Crippen LogP contribution < -0.4 is 0 Å². The van der Waals surface area contributed by atoms with Gasteiger partial charge in [-0.15, -0.1) is 0 Å². The van der Waals surface area contributed by atoms with Crippen LogP contribution in [-0.4, -0.2) is 5.97 Å². The second-order valence-electron chi connectivity index (χ2n) is 5.26. The van der Waals surface area contributed by atoms with Gasteiger partial charge in [-0.2, -0.15) is 4.39 Å². The third-order valence-corrected chi connectivity index (χ3v) is 3.62. The summed E-state index contributed by atoms with van der Waals surface area (Å²) in [5.41, 5.74) is -0.0934. The van der Waals surface area contributed by atoms with Crippen molar-refractivity contribution in [3.05, 3.63) is 89.2 Å². The van der Waals surface area contributed by atoms with Crippen molar-refractivity contribution >= 4 is 11.7 Å². The van der Waals surface area contributed by atoms with Gasteiger partial charge in [-0.3, -0.25) is 0 Å². The SMILES string of the molecule is FC(=Nc1ccc(-c2ccccc2)cc1)c1c(F)c(F)c(F)c(F)c1F. The Hall–Kier alpha value is -3.09. The number of aliphatic imine (C=N–C) groups is 1. The van der Waals surface area contributed by atoms with Crippen molar-refractivity contribution < 1.29 is 26.3 Å². The smallest absolute Gasteiger partial charge is 0.220 e. The molecular formula is C19H9F6N. The number of benzene rings is 3. The molecule has 0 heterocycles. The average Bonchev–Trinajstić information content (AvgIpc) is 2.66. The fourth-order valence-electron chi connectivity index (χ4n) is 2.31. The van der Waals surface area contributed by atoms with Gasteiger partial charge >= 0.3 is 0 Å². The van der Waals surface area contributed by atoms with Crippen molar-refractivity contribution in [1.82, 2.24) is 0 Å². The lowest BCUT2D eigenvalue weighted by Crippen LogP contribution is -2.10. The molecule has 1 nitrogen and oxygen atoms in total. The van der Waals surface area contributed by atoms with Crippen molar-refractivity contribution in [2.75, 3.05) is 0 Å². The lowest BCUT2D eigenvalue weighted by atomic mass is 10.1. The Bertz CT molecular complexity index is 952. The first-order valence-corrected chi connectivity index (χ1v) is 7.31. The van der Waals surface area contributed by atoms with E-state index < -0.39 is 40.6 Å². The molecular weight excluding hydrogens is 356 g/mol. The van der Waals surface area contributed by atoms with Crippen molar-refractivity contribution in [3.8, 4) is 11.1 Å². The van der Waals surface area contributed by atoms with Crippen LogP contribution in [0.5, 0.6) is 0 Å². The highest BCUT2D eigenvalue weighted by Gasteiger charge is 2.28. The van der Waals surface area contributed by atoms with Gasteiger partial charge in [0.1, 0.15) is 5.56 Å². The molecule has 3 aromatic carbocycles. The van der Waals surface area contributed by atoms with Gasteiger partial charge in [0.25, 0.3) is 0 Å². The molecule has 0 radical (unpaired) electrons. The Balaban J connectivity index is 1.99. The van der Waals surface area contributed by atoms with Crippen LogP contribution in [0.3, 0.4) is 0 Å². The van der Waals surface area contributed by atoms with Gasteiger partial charge < -0.3 is 0 Å². The van der Waals surface area contributed by atoms with Crippen LogP contribution in [0, 0.1) is 29.1 Å². The summed E-state index contributed by atoms with van der Waals surface area (Å²) in [4.78, 5) is 3.31. The van der Waals surface area contributed by atoms with E-state index in [1.165, 1.54) is 12.1 Å². The summed E-state index contributed by atoms with van der Waals surface area (Å²) in [6.07, 6.45) is 0. The lowest BCUT2D eigenvalue weighted by Gasteiger charge is -2.06. The molecule has 0 saturated heterocycles. The molecule has 0 amide bonds. The van der Waals surface area contributed by atoms with E-state index in [0.29, 0.717) is 0 Å². The highest BCUT2D eigenvalue weighted by Crippen LogP contribution is 2.27. The molecule has 0 unspecified atom stereocenters. The summed E-state index contributed by atoms with van der Waals surface area (Å²) in [5.74, 6) is -13.2. The highest BCUT2D eigenvalue weighted by atomic mass is 19.2. The van der Waals surface area contributed by atoms with Gasteiger partial charge in [-0.1, -0.05) is 42.5 Å². The zero-order valence-electron chi connectivity index (χ0n) is 12.9. The number of nitrogens with zero attached hydrogens (tertiary/aromatic N) is 1. The van der Waals surface area contributed by atoms with E-state index in [1.54, 1.807) is 12.1 Å². The normalized spacial score (nSPS) is 11.7. The lowest BCUT2D eigenvalue weighted by molar-refractivity contribution is 0.376. The quantitative estimate of drug-likeness (QED) is 0.230. The predicted octanol–water partition coefficient (Wildman–Crippen LogP) is 6.10. The molecule has 0 aliphatic carbocycles.